The van der Waals surface area contributed by atoms with E-state index in [0.29, 0.717) is 0 Å². The maximum atomic E-state index is 13.2. The minimum atomic E-state index is -2.60. The summed E-state index contributed by atoms with van der Waals surface area (Å²) in [6.07, 6.45) is 0. The van der Waals surface area contributed by atoms with Crippen LogP contribution in [0.15, 0.2) is 0 Å². The van der Waals surface area contributed by atoms with Crippen molar-refractivity contribution in [3.05, 3.63) is 0 Å². The van der Waals surface area contributed by atoms with Crippen molar-refractivity contribution in [2.24, 2.45) is 0 Å². The highest BCUT2D eigenvalue weighted by Crippen LogP contribution is 2.25. The van der Waals surface area contributed by atoms with Crippen molar-refractivity contribution in [3.63, 3.8) is 0 Å². The molecule has 1 saturated heterocycles. The molecule has 2 nitrogen and oxygen atoms in total. The first-order chi connectivity index (χ1) is 6.64. The van der Waals surface area contributed by atoms with Gasteiger partial charge in [-0.2, -0.15) is 0 Å². The van der Waals surface area contributed by atoms with Crippen molar-refractivity contribution in [3.8, 4) is 0 Å². The summed E-state index contributed by atoms with van der Waals surface area (Å²) in [7, 11) is 5.10. The average molecular weight is 242 g/mol. The van der Waals surface area contributed by atoms with Crippen LogP contribution in [0.2, 0.25) is 0 Å². The lowest BCUT2D eigenvalue weighted by Gasteiger charge is -2.25. The number of halogens is 2. The smallest absolute Gasteiger partial charge is 0.272 e. The van der Waals surface area contributed by atoms with Crippen LogP contribution in [0.25, 0.3) is 0 Å². The van der Waals surface area contributed by atoms with Crippen molar-refractivity contribution in [2.45, 2.75) is 5.92 Å². The summed E-state index contributed by atoms with van der Waals surface area (Å²) in [5.41, 5.74) is 0. The first-order valence-electron chi connectivity index (χ1n) is 4.63. The SMILES string of the molecule is CNCC(F)(F)CN1CCSSCC1. The zero-order valence-electron chi connectivity index (χ0n) is 8.26. The van der Waals surface area contributed by atoms with Crippen LogP contribution in [0.5, 0.6) is 0 Å². The van der Waals surface area contributed by atoms with Crippen LogP contribution < -0.4 is 5.32 Å². The molecule has 0 unspecified atom stereocenters. The summed E-state index contributed by atoms with van der Waals surface area (Å²) in [5.74, 6) is -0.713. The number of nitrogens with one attached hydrogen (secondary N) is 1. The molecule has 84 valence electrons. The first-order valence-corrected chi connectivity index (χ1v) is 7.12. The van der Waals surface area contributed by atoms with Gasteiger partial charge < -0.3 is 5.32 Å². The summed E-state index contributed by atoms with van der Waals surface area (Å²) < 4.78 is 26.4. The van der Waals surface area contributed by atoms with Gasteiger partial charge in [-0.25, -0.2) is 8.78 Å². The Balaban J connectivity index is 2.33. The second-order valence-corrected chi connectivity index (χ2v) is 6.01. The summed E-state index contributed by atoms with van der Waals surface area (Å²) in [5, 5.41) is 2.53. The molecule has 14 heavy (non-hydrogen) atoms. The van der Waals surface area contributed by atoms with E-state index in [1.165, 1.54) is 0 Å². The van der Waals surface area contributed by atoms with Crippen LogP contribution in [0.4, 0.5) is 8.78 Å². The molecule has 0 spiro atoms. The van der Waals surface area contributed by atoms with E-state index >= 15 is 0 Å². The molecule has 1 rings (SSSR count). The maximum Gasteiger partial charge on any atom is 0.272 e. The highest BCUT2D eigenvalue weighted by molar-refractivity contribution is 8.76. The third-order valence-corrected chi connectivity index (χ3v) is 4.32. The van der Waals surface area contributed by atoms with Crippen molar-refractivity contribution in [1.29, 1.82) is 0 Å². The Morgan fingerprint density at radius 1 is 1.29 bits per heavy atom. The second-order valence-electron chi connectivity index (χ2n) is 3.31. The van der Waals surface area contributed by atoms with E-state index in [1.807, 2.05) is 4.90 Å². The number of hydrogen-bond acceptors (Lipinski definition) is 4. The molecule has 0 bridgehead atoms. The number of hydrogen-bond donors (Lipinski definition) is 1. The molecular weight excluding hydrogens is 226 g/mol. The van der Waals surface area contributed by atoms with E-state index in [9.17, 15) is 8.78 Å². The van der Waals surface area contributed by atoms with Gasteiger partial charge in [-0.15, -0.1) is 0 Å². The topological polar surface area (TPSA) is 15.3 Å². The largest absolute Gasteiger partial charge is 0.314 e. The Labute approximate surface area is 91.6 Å². The predicted molar refractivity (Wildman–Crippen MR) is 60.2 cm³/mol. The third kappa shape index (κ3) is 4.82. The quantitative estimate of drug-likeness (QED) is 0.752. The normalized spacial score (nSPS) is 20.8. The van der Waals surface area contributed by atoms with E-state index in [1.54, 1.807) is 28.6 Å². The maximum absolute atomic E-state index is 13.2. The van der Waals surface area contributed by atoms with E-state index < -0.39 is 5.92 Å². The first kappa shape index (κ1) is 12.5. The zero-order valence-corrected chi connectivity index (χ0v) is 9.90. The Morgan fingerprint density at radius 3 is 2.36 bits per heavy atom. The minimum Gasteiger partial charge on any atom is -0.314 e. The predicted octanol–water partition coefficient (Wildman–Crippen LogP) is 1.54. The highest BCUT2D eigenvalue weighted by atomic mass is 33.1. The minimum absolute atomic E-state index is 0.116. The van der Waals surface area contributed by atoms with Gasteiger partial charge >= 0.3 is 0 Å². The Kier molecular flexibility index (Phi) is 5.51. The third-order valence-electron chi connectivity index (χ3n) is 1.96. The fraction of sp³-hybridized carbons (Fsp3) is 1.00. The molecule has 1 aliphatic rings. The fourth-order valence-corrected chi connectivity index (χ4v) is 3.42. The monoisotopic (exact) mass is 242 g/mol. The number of nitrogens with zero attached hydrogens (tertiary/aromatic N) is 1. The Morgan fingerprint density at radius 2 is 1.86 bits per heavy atom. The molecule has 0 aliphatic carbocycles. The summed E-state index contributed by atoms with van der Waals surface area (Å²) in [6.45, 7) is 1.20. The second kappa shape index (κ2) is 6.15. The van der Waals surface area contributed by atoms with Gasteiger partial charge in [0.15, 0.2) is 0 Å². The van der Waals surface area contributed by atoms with Gasteiger partial charge in [0.25, 0.3) is 5.92 Å². The lowest BCUT2D eigenvalue weighted by molar-refractivity contribution is -0.0263. The van der Waals surface area contributed by atoms with Crippen molar-refractivity contribution >= 4 is 21.6 Å². The van der Waals surface area contributed by atoms with Gasteiger partial charge in [0.2, 0.25) is 0 Å². The molecule has 1 N–H and O–H groups in total. The zero-order chi connectivity index (χ0) is 10.4. The van der Waals surface area contributed by atoms with E-state index in [-0.39, 0.29) is 13.1 Å². The lowest BCUT2D eigenvalue weighted by Crippen LogP contribution is -2.43. The van der Waals surface area contributed by atoms with Gasteiger partial charge in [-0.05, 0) is 7.05 Å². The van der Waals surface area contributed by atoms with Gasteiger partial charge in [0.05, 0.1) is 13.1 Å². The average Bonchev–Trinajstić information content (AvgIpc) is 2.31. The van der Waals surface area contributed by atoms with E-state index in [0.717, 1.165) is 24.6 Å². The van der Waals surface area contributed by atoms with Crippen LogP contribution in [-0.4, -0.2) is 55.6 Å². The van der Waals surface area contributed by atoms with Gasteiger partial charge in [-0.1, -0.05) is 21.6 Å². The summed E-state index contributed by atoms with van der Waals surface area (Å²) in [6, 6.07) is 0. The van der Waals surface area contributed by atoms with Crippen molar-refractivity contribution < 1.29 is 8.78 Å². The summed E-state index contributed by atoms with van der Waals surface area (Å²) in [4.78, 5) is 1.85. The standard InChI is InChI=1S/C8H16F2N2S2/c1-11-6-8(9,10)7-12-2-4-13-14-5-3-12/h11H,2-7H2,1H3. The van der Waals surface area contributed by atoms with Crippen LogP contribution in [0, 0.1) is 0 Å². The van der Waals surface area contributed by atoms with Crippen LogP contribution >= 0.6 is 21.6 Å². The highest BCUT2D eigenvalue weighted by Gasteiger charge is 2.30. The van der Waals surface area contributed by atoms with Crippen molar-refractivity contribution in [2.75, 3.05) is 44.7 Å². The number of rotatable bonds is 4. The molecule has 0 amide bonds. The molecule has 1 aliphatic heterocycles. The molecule has 0 saturated carbocycles. The van der Waals surface area contributed by atoms with Gasteiger partial charge in [0, 0.05) is 24.6 Å². The van der Waals surface area contributed by atoms with Crippen LogP contribution in [-0.2, 0) is 0 Å². The van der Waals surface area contributed by atoms with Crippen LogP contribution in [0.1, 0.15) is 0 Å². The fourth-order valence-electron chi connectivity index (χ4n) is 1.36. The van der Waals surface area contributed by atoms with Gasteiger partial charge in [-0.3, -0.25) is 4.90 Å². The molecule has 0 aromatic carbocycles. The lowest BCUT2D eigenvalue weighted by atomic mass is 10.3. The molecule has 0 aromatic heterocycles. The van der Waals surface area contributed by atoms with E-state index in [4.69, 9.17) is 0 Å². The van der Waals surface area contributed by atoms with Crippen LogP contribution in [0.3, 0.4) is 0 Å². The molecule has 0 atom stereocenters. The molecule has 0 aromatic rings. The molecular formula is C8H16F2N2S2. The summed E-state index contributed by atoms with van der Waals surface area (Å²) >= 11 is 0. The molecule has 1 fully saturated rings. The molecule has 0 radical (unpaired) electrons. The molecule has 1 heterocycles. The Hall–Kier alpha value is 0.480. The Bertz CT molecular complexity index is 161. The number of alkyl halides is 2. The molecule has 6 heteroatoms. The van der Waals surface area contributed by atoms with Crippen molar-refractivity contribution in [1.82, 2.24) is 10.2 Å². The van der Waals surface area contributed by atoms with Gasteiger partial charge in [0.1, 0.15) is 0 Å². The van der Waals surface area contributed by atoms with E-state index in [2.05, 4.69) is 5.32 Å².